The molecule has 0 aliphatic carbocycles. The van der Waals surface area contributed by atoms with Crippen molar-refractivity contribution in [1.82, 2.24) is 0 Å². The number of aliphatic hydroxyl groups excluding tert-OH is 1. The second-order valence-corrected chi connectivity index (χ2v) is 14.6. The van der Waals surface area contributed by atoms with E-state index in [0.29, 0.717) is 25.2 Å². The Bertz CT molecular complexity index is 753. The molecule has 2 N–H and O–H groups in total. The Hall–Kier alpha value is -0.700. The Kier molecular flexibility index (Phi) is 14.6. The lowest BCUT2D eigenvalue weighted by atomic mass is 9.89. The van der Waals surface area contributed by atoms with Gasteiger partial charge in [0.05, 0.1) is 24.2 Å². The van der Waals surface area contributed by atoms with Crippen molar-refractivity contribution in [3.05, 3.63) is 12.2 Å². The minimum absolute atomic E-state index is 0.0408. The maximum Gasteiger partial charge on any atom is 0.306 e. The van der Waals surface area contributed by atoms with E-state index in [-0.39, 0.29) is 46.3 Å². The van der Waals surface area contributed by atoms with Gasteiger partial charge in [0, 0.05) is 13.3 Å². The highest BCUT2D eigenvalue weighted by Crippen LogP contribution is 2.54. The van der Waals surface area contributed by atoms with E-state index in [1.54, 1.807) is 6.92 Å². The Morgan fingerprint density at radius 1 is 1.16 bits per heavy atom. The monoisotopic (exact) mass is 572 g/mol. The van der Waals surface area contributed by atoms with Crippen LogP contribution in [0.15, 0.2) is 12.2 Å². The van der Waals surface area contributed by atoms with E-state index >= 15 is 0 Å². The number of carboxylic acid groups (broad SMARTS) is 1. The average molecular weight is 573 g/mol. The number of aliphatic hydroxyl groups is 1. The molecule has 0 aromatic rings. The number of hydrogen-bond acceptors (Lipinski definition) is 7. The van der Waals surface area contributed by atoms with Gasteiger partial charge < -0.3 is 19.7 Å². The predicted molar refractivity (Wildman–Crippen MR) is 159 cm³/mol. The van der Waals surface area contributed by atoms with Gasteiger partial charge in [0.25, 0.3) is 0 Å². The molecule has 0 unspecified atom stereocenters. The Morgan fingerprint density at radius 3 is 2.45 bits per heavy atom. The molecule has 0 aromatic heterocycles. The standard InChI is InChI=1S/C30H52O6S2/c1-7-11-25(32)17-20(2)16-23(5)30(37-14-10-15-38-30)28(35-24(6)31)19-26-18-22(4)27(36-26)13-9-8-12-21(3)29(33)34/h21-23,25-28,32H,2,7-19H2,1,3-6H3,(H,33,34)/t21-,22-,23+,25+,26+,27-,28+/m0/s1. The summed E-state index contributed by atoms with van der Waals surface area (Å²) in [5, 5.41) is 19.4. The molecule has 6 nitrogen and oxygen atoms in total. The first kappa shape index (κ1) is 33.5. The van der Waals surface area contributed by atoms with Gasteiger partial charge in [0.15, 0.2) is 0 Å². The maximum absolute atomic E-state index is 12.3. The molecule has 220 valence electrons. The molecule has 2 saturated heterocycles. The smallest absolute Gasteiger partial charge is 0.306 e. The van der Waals surface area contributed by atoms with Crippen LogP contribution in [0.25, 0.3) is 0 Å². The molecule has 0 radical (unpaired) electrons. The van der Waals surface area contributed by atoms with E-state index in [2.05, 4.69) is 27.4 Å². The Labute approximate surface area is 239 Å². The van der Waals surface area contributed by atoms with Crippen molar-refractivity contribution in [2.75, 3.05) is 11.5 Å². The minimum atomic E-state index is -0.727. The van der Waals surface area contributed by atoms with Crippen LogP contribution in [0.4, 0.5) is 0 Å². The van der Waals surface area contributed by atoms with Crippen LogP contribution in [0.5, 0.6) is 0 Å². The van der Waals surface area contributed by atoms with Crippen molar-refractivity contribution in [2.24, 2.45) is 17.8 Å². The molecule has 0 spiro atoms. The molecule has 0 saturated carbocycles. The van der Waals surface area contributed by atoms with Crippen molar-refractivity contribution in [3.8, 4) is 0 Å². The number of carbonyl (C=O) groups is 2. The third-order valence-corrected chi connectivity index (χ3v) is 12.0. The fourth-order valence-corrected chi connectivity index (χ4v) is 9.57. The number of esters is 1. The summed E-state index contributed by atoms with van der Waals surface area (Å²) in [7, 11) is 0. The molecule has 7 atom stereocenters. The molecule has 0 amide bonds. The molecule has 2 aliphatic rings. The first-order valence-corrected chi connectivity index (χ1v) is 16.6. The summed E-state index contributed by atoms with van der Waals surface area (Å²) in [6, 6.07) is 0. The van der Waals surface area contributed by atoms with Gasteiger partial charge in [0.2, 0.25) is 0 Å². The summed E-state index contributed by atoms with van der Waals surface area (Å²) in [4.78, 5) is 23.4. The van der Waals surface area contributed by atoms with E-state index in [1.165, 1.54) is 6.92 Å². The quantitative estimate of drug-likeness (QED) is 0.108. The van der Waals surface area contributed by atoms with Crippen LogP contribution in [-0.4, -0.2) is 62.2 Å². The summed E-state index contributed by atoms with van der Waals surface area (Å²) >= 11 is 3.85. The highest BCUT2D eigenvalue weighted by molar-refractivity contribution is 8.18. The topological polar surface area (TPSA) is 93.1 Å². The summed E-state index contributed by atoms with van der Waals surface area (Å²) < 4.78 is 12.4. The molecular weight excluding hydrogens is 520 g/mol. The van der Waals surface area contributed by atoms with Crippen LogP contribution < -0.4 is 0 Å². The summed E-state index contributed by atoms with van der Waals surface area (Å²) in [6.45, 7) is 14.1. The van der Waals surface area contributed by atoms with E-state index < -0.39 is 5.97 Å². The van der Waals surface area contributed by atoms with E-state index in [0.717, 1.165) is 68.4 Å². The van der Waals surface area contributed by atoms with Gasteiger partial charge in [0.1, 0.15) is 10.2 Å². The highest BCUT2D eigenvalue weighted by atomic mass is 32.2. The van der Waals surface area contributed by atoms with Gasteiger partial charge in [-0.15, -0.1) is 23.5 Å². The number of hydrogen-bond donors (Lipinski definition) is 2. The zero-order chi connectivity index (χ0) is 28.3. The van der Waals surface area contributed by atoms with E-state index in [1.807, 2.05) is 23.5 Å². The van der Waals surface area contributed by atoms with Crippen LogP contribution >= 0.6 is 23.5 Å². The SMILES string of the molecule is C=C(C[C@H](O)CCC)C[C@@H](C)C1([C@@H](C[C@H]2C[C@H](C)[C@H](CCCC[C@H](C)C(=O)O)O2)OC(C)=O)SCCCS1. The predicted octanol–water partition coefficient (Wildman–Crippen LogP) is 7.08. The summed E-state index contributed by atoms with van der Waals surface area (Å²) in [5.74, 6) is 1.46. The number of carboxylic acids is 1. The van der Waals surface area contributed by atoms with Crippen molar-refractivity contribution >= 4 is 35.5 Å². The number of ether oxygens (including phenoxy) is 2. The molecule has 2 fully saturated rings. The maximum atomic E-state index is 12.3. The van der Waals surface area contributed by atoms with Gasteiger partial charge in [-0.05, 0) is 68.3 Å². The molecule has 38 heavy (non-hydrogen) atoms. The number of carbonyl (C=O) groups excluding carboxylic acids is 1. The second-order valence-electron chi connectivity index (χ2n) is 11.6. The number of unbranched alkanes of at least 4 members (excludes halogenated alkanes) is 1. The van der Waals surface area contributed by atoms with Crippen molar-refractivity contribution < 1.29 is 29.3 Å². The first-order valence-electron chi connectivity index (χ1n) is 14.7. The van der Waals surface area contributed by atoms with Crippen LogP contribution in [-0.2, 0) is 19.1 Å². The van der Waals surface area contributed by atoms with Crippen molar-refractivity contribution in [1.29, 1.82) is 0 Å². The Morgan fingerprint density at radius 2 is 1.84 bits per heavy atom. The molecule has 0 bridgehead atoms. The molecule has 2 rings (SSSR count). The fourth-order valence-electron chi connectivity index (χ4n) is 5.94. The van der Waals surface area contributed by atoms with Crippen molar-refractivity contribution in [3.63, 3.8) is 0 Å². The van der Waals surface area contributed by atoms with Gasteiger partial charge in [-0.3, -0.25) is 9.59 Å². The number of aliphatic carboxylic acids is 1. The largest absolute Gasteiger partial charge is 0.481 e. The third kappa shape index (κ3) is 10.4. The van der Waals surface area contributed by atoms with Gasteiger partial charge in [-0.1, -0.05) is 59.1 Å². The van der Waals surface area contributed by atoms with Crippen molar-refractivity contribution in [2.45, 2.75) is 134 Å². The number of rotatable bonds is 17. The summed E-state index contributed by atoms with van der Waals surface area (Å²) in [6.07, 6.45) is 9.05. The number of thioether (sulfide) groups is 2. The van der Waals surface area contributed by atoms with Gasteiger partial charge in [-0.2, -0.15) is 0 Å². The molecular formula is C30H52O6S2. The molecule has 8 heteroatoms. The summed E-state index contributed by atoms with van der Waals surface area (Å²) in [5.41, 5.74) is 1.06. The normalized spacial score (nSPS) is 26.3. The van der Waals surface area contributed by atoms with Gasteiger partial charge in [-0.25, -0.2) is 0 Å². The molecule has 0 aromatic carbocycles. The van der Waals surface area contributed by atoms with Crippen LogP contribution in [0, 0.1) is 17.8 Å². The lowest BCUT2D eigenvalue weighted by Crippen LogP contribution is -2.48. The lowest BCUT2D eigenvalue weighted by molar-refractivity contribution is -0.149. The van der Waals surface area contributed by atoms with E-state index in [4.69, 9.17) is 14.6 Å². The fraction of sp³-hybridized carbons (Fsp3) is 0.867. The van der Waals surface area contributed by atoms with Crippen LogP contribution in [0.3, 0.4) is 0 Å². The highest BCUT2D eigenvalue weighted by Gasteiger charge is 2.49. The minimum Gasteiger partial charge on any atom is -0.481 e. The second kappa shape index (κ2) is 16.5. The first-order chi connectivity index (χ1) is 18.0. The van der Waals surface area contributed by atoms with Crippen LogP contribution in [0.2, 0.25) is 0 Å². The van der Waals surface area contributed by atoms with Gasteiger partial charge >= 0.3 is 11.9 Å². The lowest BCUT2D eigenvalue weighted by Gasteiger charge is -2.46. The average Bonchev–Trinajstić information content (AvgIpc) is 3.19. The molecule has 2 aliphatic heterocycles. The Balaban J connectivity index is 2.06. The molecule has 2 heterocycles. The van der Waals surface area contributed by atoms with E-state index in [9.17, 15) is 14.7 Å². The zero-order valence-corrected chi connectivity index (χ0v) is 25.9. The third-order valence-electron chi connectivity index (χ3n) is 8.04. The zero-order valence-electron chi connectivity index (χ0n) is 24.3. The van der Waals surface area contributed by atoms with Crippen LogP contribution in [0.1, 0.15) is 105 Å².